The molecule has 5 heteroatoms. The molecule has 0 spiro atoms. The first-order valence-corrected chi connectivity index (χ1v) is 6.89. The molecule has 0 aliphatic heterocycles. The Bertz CT molecular complexity index is 604. The molecule has 1 heterocycles. The van der Waals surface area contributed by atoms with Gasteiger partial charge < -0.3 is 10.3 Å². The number of nitriles is 1. The highest BCUT2D eigenvalue weighted by molar-refractivity contribution is 5.94. The maximum atomic E-state index is 12.2. The lowest BCUT2D eigenvalue weighted by molar-refractivity contribution is 0.0892. The van der Waals surface area contributed by atoms with E-state index in [2.05, 4.69) is 23.3 Å². The van der Waals surface area contributed by atoms with Crippen molar-refractivity contribution in [2.45, 2.75) is 45.1 Å². The molecule has 0 atom stereocenters. The van der Waals surface area contributed by atoms with Gasteiger partial charge in [-0.05, 0) is 38.5 Å². The van der Waals surface area contributed by atoms with Crippen molar-refractivity contribution in [3.63, 3.8) is 0 Å². The highest BCUT2D eigenvalue weighted by atomic mass is 16.2. The molecule has 0 unspecified atom stereocenters. The molecule has 0 radical (unpaired) electrons. The minimum absolute atomic E-state index is 0.0591. The fourth-order valence-corrected chi connectivity index (χ4v) is 2.55. The van der Waals surface area contributed by atoms with Crippen LogP contribution in [0.15, 0.2) is 17.1 Å². The predicted molar refractivity (Wildman–Crippen MR) is 75.2 cm³/mol. The Labute approximate surface area is 118 Å². The van der Waals surface area contributed by atoms with E-state index in [9.17, 15) is 14.9 Å². The topological polar surface area (TPSA) is 85.8 Å². The molecule has 2 N–H and O–H groups in total. The summed E-state index contributed by atoms with van der Waals surface area (Å²) in [6, 6.07) is 3.61. The van der Waals surface area contributed by atoms with Gasteiger partial charge in [-0.15, -0.1) is 0 Å². The molecule has 1 aliphatic rings. The first-order chi connectivity index (χ1) is 9.46. The van der Waals surface area contributed by atoms with Crippen molar-refractivity contribution in [1.29, 1.82) is 5.26 Å². The van der Waals surface area contributed by atoms with Gasteiger partial charge in [0.1, 0.15) is 11.1 Å². The van der Waals surface area contributed by atoms with Crippen LogP contribution in [-0.4, -0.2) is 16.4 Å². The molecule has 1 aromatic rings. The zero-order chi connectivity index (χ0) is 14.8. The Balaban J connectivity index is 2.18. The molecule has 1 aromatic heterocycles. The van der Waals surface area contributed by atoms with Crippen LogP contribution in [-0.2, 0) is 0 Å². The minimum Gasteiger partial charge on any atom is -0.364 e. The lowest BCUT2D eigenvalue weighted by Crippen LogP contribution is -2.50. The van der Waals surface area contributed by atoms with Crippen LogP contribution in [0, 0.1) is 24.2 Å². The second-order valence-corrected chi connectivity index (χ2v) is 5.72. The van der Waals surface area contributed by atoms with Crippen LogP contribution < -0.4 is 10.7 Å². The highest BCUT2D eigenvalue weighted by Crippen LogP contribution is 2.31. The lowest BCUT2D eigenvalue weighted by atomic mass is 9.78. The van der Waals surface area contributed by atoms with Gasteiger partial charge in [-0.25, -0.2) is 0 Å². The lowest BCUT2D eigenvalue weighted by Gasteiger charge is -2.34. The fraction of sp³-hybridized carbons (Fsp3) is 0.533. The van der Waals surface area contributed by atoms with Gasteiger partial charge in [0.25, 0.3) is 5.91 Å². The Kier molecular flexibility index (Phi) is 3.93. The van der Waals surface area contributed by atoms with Gasteiger partial charge >= 0.3 is 0 Å². The molecule has 1 fully saturated rings. The van der Waals surface area contributed by atoms with Gasteiger partial charge in [0.05, 0.1) is 6.07 Å². The minimum atomic E-state index is -0.832. The molecule has 0 aromatic carbocycles. The first-order valence-electron chi connectivity index (χ1n) is 6.89. The molecular weight excluding hydrogens is 254 g/mol. The summed E-state index contributed by atoms with van der Waals surface area (Å²) in [7, 11) is 0. The zero-order valence-electron chi connectivity index (χ0n) is 11.8. The van der Waals surface area contributed by atoms with Gasteiger partial charge in [-0.2, -0.15) is 5.26 Å². The molecule has 1 aliphatic carbocycles. The summed E-state index contributed by atoms with van der Waals surface area (Å²) >= 11 is 0. The van der Waals surface area contributed by atoms with Crippen LogP contribution in [0.4, 0.5) is 0 Å². The summed E-state index contributed by atoms with van der Waals surface area (Å²) in [6.07, 6.45) is 4.51. The van der Waals surface area contributed by atoms with E-state index in [1.807, 2.05) is 0 Å². The van der Waals surface area contributed by atoms with Crippen molar-refractivity contribution < 1.29 is 4.79 Å². The Morgan fingerprint density at radius 3 is 2.70 bits per heavy atom. The smallest absolute Gasteiger partial charge is 0.257 e. The van der Waals surface area contributed by atoms with Crippen molar-refractivity contribution in [2.75, 3.05) is 0 Å². The van der Waals surface area contributed by atoms with Gasteiger partial charge in [0, 0.05) is 18.0 Å². The number of H-pyrrole nitrogens is 1. The van der Waals surface area contributed by atoms with Crippen molar-refractivity contribution in [3.8, 4) is 6.07 Å². The monoisotopic (exact) mass is 273 g/mol. The SMILES string of the molecule is Cc1cc(=O)c(C(=O)NC2(C#N)CCC(C)CC2)c[nH]1. The number of carbonyl (C=O) groups is 1. The number of aryl methyl sites for hydroxylation is 1. The number of carbonyl (C=O) groups excluding carboxylic acids is 1. The standard InChI is InChI=1S/C15H19N3O2/c1-10-3-5-15(9-16,6-4-10)18-14(20)12-8-17-11(2)7-13(12)19/h7-8,10H,3-6H2,1-2H3,(H,17,19)(H,18,20). The average Bonchev–Trinajstić information content (AvgIpc) is 2.41. The van der Waals surface area contributed by atoms with Crippen LogP contribution in [0.5, 0.6) is 0 Å². The largest absolute Gasteiger partial charge is 0.364 e. The predicted octanol–water partition coefficient (Wildman–Crippen LogP) is 1.89. The van der Waals surface area contributed by atoms with E-state index in [1.54, 1.807) is 6.92 Å². The number of nitrogens with one attached hydrogen (secondary N) is 2. The molecule has 0 bridgehead atoms. The van der Waals surface area contributed by atoms with Crippen molar-refractivity contribution >= 4 is 5.91 Å². The number of rotatable bonds is 2. The van der Waals surface area contributed by atoms with E-state index in [4.69, 9.17) is 0 Å². The van der Waals surface area contributed by atoms with E-state index in [0.717, 1.165) is 12.8 Å². The summed E-state index contributed by atoms with van der Waals surface area (Å²) < 4.78 is 0. The van der Waals surface area contributed by atoms with E-state index >= 15 is 0 Å². The maximum Gasteiger partial charge on any atom is 0.257 e. The number of amides is 1. The maximum absolute atomic E-state index is 12.2. The van der Waals surface area contributed by atoms with Crippen LogP contribution in [0.2, 0.25) is 0 Å². The molecule has 1 saturated carbocycles. The van der Waals surface area contributed by atoms with Gasteiger partial charge in [-0.3, -0.25) is 9.59 Å². The molecule has 20 heavy (non-hydrogen) atoms. The Morgan fingerprint density at radius 2 is 2.15 bits per heavy atom. The second kappa shape index (κ2) is 5.49. The van der Waals surface area contributed by atoms with Crippen LogP contribution in [0.1, 0.15) is 48.7 Å². The normalized spacial score (nSPS) is 25.8. The molecule has 0 saturated heterocycles. The molecule has 106 valence electrons. The Hall–Kier alpha value is -2.09. The van der Waals surface area contributed by atoms with Gasteiger partial charge in [0.15, 0.2) is 5.43 Å². The molecular formula is C15H19N3O2. The van der Waals surface area contributed by atoms with Crippen molar-refractivity contribution in [3.05, 3.63) is 33.7 Å². The molecule has 2 rings (SSSR count). The average molecular weight is 273 g/mol. The molecule has 5 nitrogen and oxygen atoms in total. The van der Waals surface area contributed by atoms with E-state index in [0.29, 0.717) is 24.5 Å². The van der Waals surface area contributed by atoms with Crippen LogP contribution in [0.3, 0.4) is 0 Å². The van der Waals surface area contributed by atoms with Gasteiger partial charge in [0.2, 0.25) is 0 Å². The summed E-state index contributed by atoms with van der Waals surface area (Å²) in [5.41, 5.74) is -0.395. The number of nitrogens with zero attached hydrogens (tertiary/aromatic N) is 1. The summed E-state index contributed by atoms with van der Waals surface area (Å²) in [6.45, 7) is 3.90. The molecule has 1 amide bonds. The van der Waals surface area contributed by atoms with E-state index < -0.39 is 11.4 Å². The summed E-state index contributed by atoms with van der Waals surface area (Å²) in [5.74, 6) is 0.110. The first kappa shape index (κ1) is 14.3. The van der Waals surface area contributed by atoms with E-state index in [-0.39, 0.29) is 11.0 Å². The van der Waals surface area contributed by atoms with E-state index in [1.165, 1.54) is 12.3 Å². The third-order valence-corrected chi connectivity index (χ3v) is 4.00. The van der Waals surface area contributed by atoms with Crippen LogP contribution in [0.25, 0.3) is 0 Å². The third-order valence-electron chi connectivity index (χ3n) is 4.00. The fourth-order valence-electron chi connectivity index (χ4n) is 2.55. The second-order valence-electron chi connectivity index (χ2n) is 5.72. The number of pyridine rings is 1. The number of hydrogen-bond donors (Lipinski definition) is 2. The van der Waals surface area contributed by atoms with Gasteiger partial charge in [-0.1, -0.05) is 6.92 Å². The van der Waals surface area contributed by atoms with Crippen molar-refractivity contribution in [1.82, 2.24) is 10.3 Å². The summed E-state index contributed by atoms with van der Waals surface area (Å²) in [4.78, 5) is 26.9. The number of hydrogen-bond acceptors (Lipinski definition) is 3. The number of aromatic amines is 1. The Morgan fingerprint density at radius 1 is 1.50 bits per heavy atom. The van der Waals surface area contributed by atoms with Crippen LogP contribution >= 0.6 is 0 Å². The number of aromatic nitrogens is 1. The quantitative estimate of drug-likeness (QED) is 0.862. The summed E-state index contributed by atoms with van der Waals surface area (Å²) in [5, 5.41) is 12.1. The highest BCUT2D eigenvalue weighted by Gasteiger charge is 2.36. The zero-order valence-corrected chi connectivity index (χ0v) is 11.8. The van der Waals surface area contributed by atoms with Crippen molar-refractivity contribution in [2.24, 2.45) is 5.92 Å². The third kappa shape index (κ3) is 2.90.